The van der Waals surface area contributed by atoms with Gasteiger partial charge in [0.05, 0.1) is 24.6 Å². The van der Waals surface area contributed by atoms with E-state index in [9.17, 15) is 18.0 Å². The zero-order valence-electron chi connectivity index (χ0n) is 10.8. The molecule has 1 unspecified atom stereocenters. The normalized spacial score (nSPS) is 13.3. The van der Waals surface area contributed by atoms with Crippen LogP contribution >= 0.6 is 11.8 Å². The third-order valence-corrected chi connectivity index (χ3v) is 3.78. The number of hydrogen-bond acceptors (Lipinski definition) is 4. The van der Waals surface area contributed by atoms with Crippen LogP contribution in [0.1, 0.15) is 6.42 Å². The van der Waals surface area contributed by atoms with E-state index in [2.05, 4.69) is 9.97 Å². The quantitative estimate of drug-likeness (QED) is 0.828. The lowest BCUT2D eigenvalue weighted by atomic mass is 10.3. The van der Waals surface area contributed by atoms with Gasteiger partial charge in [0, 0.05) is 6.07 Å². The Bertz CT molecular complexity index is 657. The number of carboxylic acid groups (broad SMARTS) is 1. The molecule has 2 N–H and O–H groups in total. The van der Waals surface area contributed by atoms with Gasteiger partial charge in [-0.1, -0.05) is 11.8 Å². The maximum Gasteiger partial charge on any atom is 0.401 e. The van der Waals surface area contributed by atoms with Crippen molar-refractivity contribution in [3.63, 3.8) is 0 Å². The van der Waals surface area contributed by atoms with Gasteiger partial charge in [-0.25, -0.2) is 4.98 Å². The van der Waals surface area contributed by atoms with Gasteiger partial charge in [0.15, 0.2) is 5.16 Å². The second-order valence-electron chi connectivity index (χ2n) is 4.17. The fourth-order valence-corrected chi connectivity index (χ4v) is 2.61. The number of fused-ring (bicyclic) bond motifs is 1. The van der Waals surface area contributed by atoms with Crippen molar-refractivity contribution >= 4 is 28.8 Å². The average Bonchev–Trinajstić information content (AvgIpc) is 2.77. The van der Waals surface area contributed by atoms with Crippen molar-refractivity contribution in [1.29, 1.82) is 0 Å². The summed E-state index contributed by atoms with van der Waals surface area (Å²) in [5.74, 6) is -0.969. The Morgan fingerprint density at radius 1 is 1.52 bits per heavy atom. The molecule has 0 radical (unpaired) electrons. The van der Waals surface area contributed by atoms with E-state index in [1.165, 1.54) is 7.11 Å². The summed E-state index contributed by atoms with van der Waals surface area (Å²) in [6.45, 7) is 0. The predicted molar refractivity (Wildman–Crippen MR) is 70.6 cm³/mol. The SMILES string of the molecule is COc1ccc2nc(SC(CC(=O)O)C(F)(F)F)[nH]c2c1. The second kappa shape index (κ2) is 5.84. The van der Waals surface area contributed by atoms with Crippen LogP contribution in [0.4, 0.5) is 13.2 Å². The molecule has 1 atom stereocenters. The van der Waals surface area contributed by atoms with Gasteiger partial charge in [0.2, 0.25) is 0 Å². The van der Waals surface area contributed by atoms with Gasteiger partial charge >= 0.3 is 12.1 Å². The molecule has 0 fully saturated rings. The second-order valence-corrected chi connectivity index (χ2v) is 5.36. The number of aromatic nitrogens is 2. The summed E-state index contributed by atoms with van der Waals surface area (Å²) in [5.41, 5.74) is 1.00. The molecule has 0 bridgehead atoms. The Morgan fingerprint density at radius 2 is 2.24 bits per heavy atom. The number of ether oxygens (including phenoxy) is 1. The zero-order valence-corrected chi connectivity index (χ0v) is 11.6. The average molecular weight is 320 g/mol. The first kappa shape index (κ1) is 15.5. The van der Waals surface area contributed by atoms with E-state index < -0.39 is 23.8 Å². The molecular formula is C12H11F3N2O3S. The molecule has 9 heteroatoms. The maximum absolute atomic E-state index is 12.8. The standard InChI is InChI=1S/C12H11F3N2O3S/c1-20-6-2-3-7-8(4-6)17-11(16-7)21-9(5-10(18)19)12(13,14)15/h2-4,9H,5H2,1H3,(H,16,17)(H,18,19). The minimum Gasteiger partial charge on any atom is -0.497 e. The summed E-state index contributed by atoms with van der Waals surface area (Å²) >= 11 is 0.350. The van der Waals surface area contributed by atoms with E-state index in [1.54, 1.807) is 18.2 Å². The molecule has 0 aliphatic heterocycles. The molecule has 1 heterocycles. The lowest BCUT2D eigenvalue weighted by molar-refractivity contribution is -0.149. The summed E-state index contributed by atoms with van der Waals surface area (Å²) in [6.07, 6.45) is -5.64. The molecule has 2 rings (SSSR count). The Morgan fingerprint density at radius 3 is 2.81 bits per heavy atom. The van der Waals surface area contributed by atoms with Crippen LogP contribution in [0.25, 0.3) is 11.0 Å². The van der Waals surface area contributed by atoms with Crippen molar-refractivity contribution in [2.75, 3.05) is 7.11 Å². The minimum atomic E-state index is -4.63. The molecule has 0 aliphatic carbocycles. The maximum atomic E-state index is 12.8. The number of nitrogens with zero attached hydrogens (tertiary/aromatic N) is 1. The van der Waals surface area contributed by atoms with Crippen LogP contribution in [-0.4, -0.2) is 39.6 Å². The highest BCUT2D eigenvalue weighted by molar-refractivity contribution is 7.99. The first-order chi connectivity index (χ1) is 9.79. The molecule has 5 nitrogen and oxygen atoms in total. The highest BCUT2D eigenvalue weighted by Gasteiger charge is 2.42. The van der Waals surface area contributed by atoms with E-state index in [-0.39, 0.29) is 5.16 Å². The largest absolute Gasteiger partial charge is 0.497 e. The summed E-state index contributed by atoms with van der Waals surface area (Å²) < 4.78 is 43.4. The third kappa shape index (κ3) is 3.81. The van der Waals surface area contributed by atoms with Crippen LogP contribution in [0.2, 0.25) is 0 Å². The van der Waals surface area contributed by atoms with Gasteiger partial charge in [0.1, 0.15) is 11.0 Å². The topological polar surface area (TPSA) is 75.2 Å². The number of imidazole rings is 1. The number of halogens is 3. The molecule has 0 aliphatic rings. The van der Waals surface area contributed by atoms with Crippen LogP contribution < -0.4 is 4.74 Å². The number of thioether (sulfide) groups is 1. The molecule has 2 aromatic rings. The number of carbonyl (C=O) groups is 1. The van der Waals surface area contributed by atoms with Crippen LogP contribution in [0.3, 0.4) is 0 Å². The number of alkyl halides is 3. The number of carboxylic acids is 1. The molecule has 0 saturated carbocycles. The van der Waals surface area contributed by atoms with Crippen LogP contribution in [0, 0.1) is 0 Å². The van der Waals surface area contributed by atoms with Gasteiger partial charge in [-0.05, 0) is 12.1 Å². The molecule has 21 heavy (non-hydrogen) atoms. The first-order valence-electron chi connectivity index (χ1n) is 5.78. The van der Waals surface area contributed by atoms with Crippen molar-refractivity contribution in [2.45, 2.75) is 23.0 Å². The third-order valence-electron chi connectivity index (χ3n) is 2.65. The minimum absolute atomic E-state index is 0.0156. The van der Waals surface area contributed by atoms with E-state index in [4.69, 9.17) is 9.84 Å². The van der Waals surface area contributed by atoms with E-state index in [1.807, 2.05) is 0 Å². The van der Waals surface area contributed by atoms with E-state index >= 15 is 0 Å². The number of H-pyrrole nitrogens is 1. The van der Waals surface area contributed by atoms with Crippen molar-refractivity contribution < 1.29 is 27.8 Å². The van der Waals surface area contributed by atoms with E-state index in [0.717, 1.165) is 0 Å². The Balaban J connectivity index is 2.26. The summed E-state index contributed by atoms with van der Waals surface area (Å²) in [7, 11) is 1.47. The van der Waals surface area contributed by atoms with Crippen molar-refractivity contribution in [3.05, 3.63) is 18.2 Å². The number of hydrogen-bond donors (Lipinski definition) is 2. The molecule has 0 saturated heterocycles. The van der Waals surface area contributed by atoms with E-state index in [0.29, 0.717) is 28.5 Å². The fraction of sp³-hybridized carbons (Fsp3) is 0.333. The highest BCUT2D eigenvalue weighted by Crippen LogP contribution is 2.37. The number of nitrogens with one attached hydrogen (secondary N) is 1. The predicted octanol–water partition coefficient (Wildman–Crippen LogP) is 3.07. The Kier molecular flexibility index (Phi) is 4.31. The fourth-order valence-electron chi connectivity index (χ4n) is 1.67. The monoisotopic (exact) mass is 320 g/mol. The number of aliphatic carboxylic acids is 1. The highest BCUT2D eigenvalue weighted by atomic mass is 32.2. The molecule has 0 amide bonds. The van der Waals surface area contributed by atoms with Crippen LogP contribution in [-0.2, 0) is 4.79 Å². The van der Waals surface area contributed by atoms with Gasteiger partial charge in [-0.15, -0.1) is 0 Å². The van der Waals surface area contributed by atoms with Gasteiger partial charge < -0.3 is 14.8 Å². The smallest absolute Gasteiger partial charge is 0.401 e. The number of benzene rings is 1. The van der Waals surface area contributed by atoms with Gasteiger partial charge in [0.25, 0.3) is 0 Å². The van der Waals surface area contributed by atoms with Gasteiger partial charge in [-0.3, -0.25) is 4.79 Å². The summed E-state index contributed by atoms with van der Waals surface area (Å²) in [5, 5.41) is 6.53. The Hall–Kier alpha value is -1.90. The summed E-state index contributed by atoms with van der Waals surface area (Å²) in [6, 6.07) is 4.84. The molecule has 114 valence electrons. The molecule has 1 aromatic carbocycles. The van der Waals surface area contributed by atoms with Gasteiger partial charge in [-0.2, -0.15) is 13.2 Å². The van der Waals surface area contributed by atoms with Crippen molar-refractivity contribution in [1.82, 2.24) is 9.97 Å². The summed E-state index contributed by atoms with van der Waals surface area (Å²) in [4.78, 5) is 17.3. The first-order valence-corrected chi connectivity index (χ1v) is 6.66. The molecule has 0 spiro atoms. The number of rotatable bonds is 5. The zero-order chi connectivity index (χ0) is 15.6. The Labute approximate surface area is 121 Å². The number of aromatic amines is 1. The van der Waals surface area contributed by atoms with Crippen LogP contribution in [0.15, 0.2) is 23.4 Å². The molecule has 1 aromatic heterocycles. The van der Waals surface area contributed by atoms with Crippen LogP contribution in [0.5, 0.6) is 5.75 Å². The van der Waals surface area contributed by atoms with Crippen molar-refractivity contribution in [3.8, 4) is 5.75 Å². The lowest BCUT2D eigenvalue weighted by Crippen LogP contribution is -2.28. The molecular weight excluding hydrogens is 309 g/mol. The van der Waals surface area contributed by atoms with Crippen molar-refractivity contribution in [2.24, 2.45) is 0 Å². The lowest BCUT2D eigenvalue weighted by Gasteiger charge is -2.16. The number of methoxy groups -OCH3 is 1.